The number of hydrogen-bond donors (Lipinski definition) is 0. The second-order valence-electron chi connectivity index (χ2n) is 6.41. The van der Waals surface area contributed by atoms with Crippen LogP contribution < -0.4 is 0 Å². The standard InChI is InChI=1S/C24H19NO2S/c1-17-22(28-23(25-17)20-15-9-4-10-16-20)24(26)27-21(18-11-5-2-6-12-18)19-13-7-3-8-14-19/h2-16,21H,1H3. The van der Waals surface area contributed by atoms with Crippen molar-refractivity contribution in [3.63, 3.8) is 0 Å². The van der Waals surface area contributed by atoms with Crippen LogP contribution in [0.15, 0.2) is 91.0 Å². The van der Waals surface area contributed by atoms with Gasteiger partial charge in [-0.1, -0.05) is 91.0 Å². The first-order valence-electron chi connectivity index (χ1n) is 9.06. The zero-order chi connectivity index (χ0) is 19.3. The molecule has 138 valence electrons. The Hall–Kier alpha value is -3.24. The third kappa shape index (κ3) is 3.87. The third-order valence-electron chi connectivity index (χ3n) is 4.43. The zero-order valence-corrected chi connectivity index (χ0v) is 16.2. The molecule has 0 radical (unpaired) electrons. The van der Waals surface area contributed by atoms with Crippen LogP contribution >= 0.6 is 11.3 Å². The Bertz CT molecular complexity index is 1020. The van der Waals surface area contributed by atoms with Gasteiger partial charge in [-0.15, -0.1) is 11.3 Å². The molecule has 4 aromatic rings. The van der Waals surface area contributed by atoms with E-state index in [0.717, 1.165) is 21.7 Å². The van der Waals surface area contributed by atoms with Crippen LogP contribution in [0.1, 0.15) is 32.6 Å². The van der Waals surface area contributed by atoms with E-state index in [-0.39, 0.29) is 5.97 Å². The van der Waals surface area contributed by atoms with E-state index in [0.29, 0.717) is 10.6 Å². The van der Waals surface area contributed by atoms with E-state index in [1.54, 1.807) is 0 Å². The Morgan fingerprint density at radius 3 is 1.86 bits per heavy atom. The highest BCUT2D eigenvalue weighted by Gasteiger charge is 2.23. The van der Waals surface area contributed by atoms with Crippen molar-refractivity contribution in [2.45, 2.75) is 13.0 Å². The van der Waals surface area contributed by atoms with E-state index in [1.807, 2.05) is 97.9 Å². The van der Waals surface area contributed by atoms with Gasteiger partial charge in [-0.05, 0) is 18.1 Å². The molecule has 0 atom stereocenters. The van der Waals surface area contributed by atoms with Crippen LogP contribution in [0.25, 0.3) is 10.6 Å². The number of nitrogens with zero attached hydrogens (tertiary/aromatic N) is 1. The fourth-order valence-corrected chi connectivity index (χ4v) is 3.99. The summed E-state index contributed by atoms with van der Waals surface area (Å²) in [5.41, 5.74) is 3.56. The number of carbonyl (C=O) groups is 1. The van der Waals surface area contributed by atoms with Gasteiger partial charge >= 0.3 is 5.97 Å². The topological polar surface area (TPSA) is 39.2 Å². The molecule has 4 rings (SSSR count). The summed E-state index contributed by atoms with van der Waals surface area (Å²) in [6.07, 6.45) is -0.462. The number of hydrogen-bond acceptors (Lipinski definition) is 4. The van der Waals surface area contributed by atoms with Crippen LogP contribution in [0.2, 0.25) is 0 Å². The van der Waals surface area contributed by atoms with Crippen molar-refractivity contribution in [2.24, 2.45) is 0 Å². The molecule has 0 saturated carbocycles. The predicted octanol–water partition coefficient (Wildman–Crippen LogP) is 6.06. The number of thiazole rings is 1. The number of esters is 1. The normalized spacial score (nSPS) is 10.8. The molecule has 0 aliphatic carbocycles. The summed E-state index contributed by atoms with van der Waals surface area (Å²) in [5, 5.41) is 0.820. The summed E-state index contributed by atoms with van der Waals surface area (Å²) in [7, 11) is 0. The molecule has 0 unspecified atom stereocenters. The zero-order valence-electron chi connectivity index (χ0n) is 15.4. The van der Waals surface area contributed by atoms with Crippen molar-refractivity contribution < 1.29 is 9.53 Å². The lowest BCUT2D eigenvalue weighted by Gasteiger charge is -2.18. The number of ether oxygens (including phenoxy) is 1. The van der Waals surface area contributed by atoms with Gasteiger partial charge in [-0.25, -0.2) is 9.78 Å². The van der Waals surface area contributed by atoms with E-state index in [4.69, 9.17) is 4.74 Å². The highest BCUT2D eigenvalue weighted by Crippen LogP contribution is 2.31. The minimum Gasteiger partial charge on any atom is -0.448 e. The van der Waals surface area contributed by atoms with Gasteiger partial charge in [0, 0.05) is 5.56 Å². The SMILES string of the molecule is Cc1nc(-c2ccccc2)sc1C(=O)OC(c1ccccc1)c1ccccc1. The van der Waals surface area contributed by atoms with E-state index in [1.165, 1.54) is 11.3 Å². The quantitative estimate of drug-likeness (QED) is 0.392. The lowest BCUT2D eigenvalue weighted by molar-refractivity contribution is 0.0383. The van der Waals surface area contributed by atoms with Crippen molar-refractivity contribution in [3.8, 4) is 10.6 Å². The summed E-state index contributed by atoms with van der Waals surface area (Å²) in [4.78, 5) is 18.1. The van der Waals surface area contributed by atoms with Crippen molar-refractivity contribution in [3.05, 3.63) is 113 Å². The molecule has 1 heterocycles. The molecule has 0 aliphatic rings. The van der Waals surface area contributed by atoms with Gasteiger partial charge in [0.25, 0.3) is 0 Å². The van der Waals surface area contributed by atoms with Crippen molar-refractivity contribution in [1.29, 1.82) is 0 Å². The molecule has 28 heavy (non-hydrogen) atoms. The molecule has 0 aliphatic heterocycles. The maximum atomic E-state index is 13.0. The molecule has 0 fully saturated rings. The molecular formula is C24H19NO2S. The summed E-state index contributed by atoms with van der Waals surface area (Å²) in [6.45, 7) is 1.85. The first-order chi connectivity index (χ1) is 13.7. The molecule has 0 bridgehead atoms. The second-order valence-corrected chi connectivity index (χ2v) is 7.41. The summed E-state index contributed by atoms with van der Waals surface area (Å²) in [6, 6.07) is 29.5. The van der Waals surface area contributed by atoms with Gasteiger partial charge in [0.1, 0.15) is 9.88 Å². The van der Waals surface area contributed by atoms with Crippen LogP contribution in [-0.4, -0.2) is 11.0 Å². The van der Waals surface area contributed by atoms with Crippen LogP contribution in [-0.2, 0) is 4.74 Å². The molecule has 0 saturated heterocycles. The Kier molecular flexibility index (Phi) is 5.31. The molecule has 1 aromatic heterocycles. The number of benzene rings is 3. The highest BCUT2D eigenvalue weighted by atomic mass is 32.1. The first-order valence-corrected chi connectivity index (χ1v) is 9.88. The second kappa shape index (κ2) is 8.19. The average molecular weight is 385 g/mol. The van der Waals surface area contributed by atoms with Crippen LogP contribution in [0.5, 0.6) is 0 Å². The summed E-state index contributed by atoms with van der Waals surface area (Å²) < 4.78 is 5.97. The Morgan fingerprint density at radius 2 is 1.32 bits per heavy atom. The van der Waals surface area contributed by atoms with Crippen LogP contribution in [0.3, 0.4) is 0 Å². The largest absolute Gasteiger partial charge is 0.448 e. The smallest absolute Gasteiger partial charge is 0.351 e. The van der Waals surface area contributed by atoms with E-state index in [2.05, 4.69) is 4.98 Å². The molecular weight excluding hydrogens is 366 g/mol. The van der Waals surface area contributed by atoms with Gasteiger partial charge in [0.05, 0.1) is 5.69 Å². The van der Waals surface area contributed by atoms with E-state index >= 15 is 0 Å². The molecule has 4 heteroatoms. The third-order valence-corrected chi connectivity index (χ3v) is 5.62. The van der Waals surface area contributed by atoms with Gasteiger partial charge in [0.15, 0.2) is 6.10 Å². The number of rotatable bonds is 5. The van der Waals surface area contributed by atoms with Crippen molar-refractivity contribution >= 4 is 17.3 Å². The maximum Gasteiger partial charge on any atom is 0.351 e. The van der Waals surface area contributed by atoms with Crippen LogP contribution in [0.4, 0.5) is 0 Å². The number of aryl methyl sites for hydroxylation is 1. The lowest BCUT2D eigenvalue weighted by atomic mass is 10.0. The number of aromatic nitrogens is 1. The Labute approximate surface area is 168 Å². The fourth-order valence-electron chi connectivity index (χ4n) is 3.03. The minimum absolute atomic E-state index is 0.352. The molecule has 0 amide bonds. The molecule has 3 aromatic carbocycles. The van der Waals surface area contributed by atoms with Crippen LogP contribution in [0, 0.1) is 6.92 Å². The Balaban J connectivity index is 1.65. The average Bonchev–Trinajstić information content (AvgIpc) is 3.15. The van der Waals surface area contributed by atoms with E-state index in [9.17, 15) is 4.79 Å². The fraction of sp³-hybridized carbons (Fsp3) is 0.0833. The van der Waals surface area contributed by atoms with Gasteiger partial charge in [-0.3, -0.25) is 0 Å². The minimum atomic E-state index is -0.462. The summed E-state index contributed by atoms with van der Waals surface area (Å²) >= 11 is 1.37. The molecule has 0 N–H and O–H groups in total. The monoisotopic (exact) mass is 385 g/mol. The van der Waals surface area contributed by atoms with E-state index < -0.39 is 6.10 Å². The van der Waals surface area contributed by atoms with Crippen molar-refractivity contribution in [1.82, 2.24) is 4.98 Å². The molecule has 0 spiro atoms. The number of carbonyl (C=O) groups excluding carboxylic acids is 1. The maximum absolute atomic E-state index is 13.0. The van der Waals surface area contributed by atoms with Crippen molar-refractivity contribution in [2.75, 3.05) is 0 Å². The highest BCUT2D eigenvalue weighted by molar-refractivity contribution is 7.17. The van der Waals surface area contributed by atoms with Gasteiger partial charge < -0.3 is 4.74 Å². The first kappa shape index (κ1) is 18.1. The summed E-state index contributed by atoms with van der Waals surface area (Å²) in [5.74, 6) is -0.352. The van der Waals surface area contributed by atoms with Gasteiger partial charge in [0.2, 0.25) is 0 Å². The molecule has 3 nitrogen and oxygen atoms in total. The van der Waals surface area contributed by atoms with Gasteiger partial charge in [-0.2, -0.15) is 0 Å². The Morgan fingerprint density at radius 1 is 0.821 bits per heavy atom. The lowest BCUT2D eigenvalue weighted by Crippen LogP contribution is -2.13. The predicted molar refractivity (Wildman–Crippen MR) is 112 cm³/mol.